The second-order valence-electron chi connectivity index (χ2n) is 5.11. The SMILES string of the molecule is Cn1c(C#N)ccc1-c1ccc(N2CCCS2(O)O)cc1. The zero-order chi connectivity index (χ0) is 15.0. The van der Waals surface area contributed by atoms with E-state index >= 15 is 0 Å². The highest BCUT2D eigenvalue weighted by Gasteiger charge is 2.28. The minimum Gasteiger partial charge on any atom is -0.335 e. The topological polar surface area (TPSA) is 72.4 Å². The van der Waals surface area contributed by atoms with Gasteiger partial charge in [0.25, 0.3) is 0 Å². The Morgan fingerprint density at radius 2 is 1.86 bits per heavy atom. The van der Waals surface area contributed by atoms with Crippen molar-refractivity contribution in [2.24, 2.45) is 7.05 Å². The third kappa shape index (κ3) is 2.40. The normalized spacial score (nSPS) is 18.5. The first-order chi connectivity index (χ1) is 10.0. The molecule has 1 fully saturated rings. The molecule has 2 heterocycles. The van der Waals surface area contributed by atoms with E-state index in [1.165, 1.54) is 0 Å². The molecule has 0 amide bonds. The monoisotopic (exact) mass is 303 g/mol. The van der Waals surface area contributed by atoms with Gasteiger partial charge in [-0.2, -0.15) is 5.26 Å². The van der Waals surface area contributed by atoms with Crippen molar-refractivity contribution in [3.8, 4) is 17.3 Å². The van der Waals surface area contributed by atoms with Gasteiger partial charge >= 0.3 is 0 Å². The molecule has 1 aromatic heterocycles. The van der Waals surface area contributed by atoms with Gasteiger partial charge in [0, 0.05) is 19.3 Å². The number of hydrogen-bond donors (Lipinski definition) is 2. The molecule has 2 N–H and O–H groups in total. The van der Waals surface area contributed by atoms with Crippen molar-refractivity contribution in [1.29, 1.82) is 5.26 Å². The smallest absolute Gasteiger partial charge is 0.120 e. The first kappa shape index (κ1) is 14.0. The number of aromatic nitrogens is 1. The van der Waals surface area contributed by atoms with Crippen LogP contribution in [0.5, 0.6) is 0 Å². The average Bonchev–Trinajstić information content (AvgIpc) is 3.01. The number of benzene rings is 1. The molecule has 1 aliphatic rings. The molecule has 0 spiro atoms. The molecule has 0 unspecified atom stereocenters. The van der Waals surface area contributed by atoms with E-state index in [1.54, 1.807) is 10.4 Å². The Morgan fingerprint density at radius 1 is 1.14 bits per heavy atom. The molecule has 1 aliphatic heterocycles. The van der Waals surface area contributed by atoms with Crippen LogP contribution in [0.15, 0.2) is 36.4 Å². The van der Waals surface area contributed by atoms with Gasteiger partial charge in [-0.15, -0.1) is 10.8 Å². The lowest BCUT2D eigenvalue weighted by Gasteiger charge is -2.38. The molecule has 0 atom stereocenters. The highest BCUT2D eigenvalue weighted by Crippen LogP contribution is 2.50. The lowest BCUT2D eigenvalue weighted by Crippen LogP contribution is -2.21. The molecule has 1 aromatic carbocycles. The molecule has 0 radical (unpaired) electrons. The van der Waals surface area contributed by atoms with Crippen molar-refractivity contribution in [3.63, 3.8) is 0 Å². The number of nitrogens with zero attached hydrogens (tertiary/aromatic N) is 3. The summed E-state index contributed by atoms with van der Waals surface area (Å²) in [5.41, 5.74) is 3.40. The molecule has 2 aromatic rings. The highest BCUT2D eigenvalue weighted by atomic mass is 32.3. The molecule has 21 heavy (non-hydrogen) atoms. The fourth-order valence-corrected chi connectivity index (χ4v) is 4.29. The van der Waals surface area contributed by atoms with Crippen LogP contribution in [-0.2, 0) is 7.05 Å². The largest absolute Gasteiger partial charge is 0.335 e. The van der Waals surface area contributed by atoms with Gasteiger partial charge in [0.05, 0.1) is 11.4 Å². The second kappa shape index (κ2) is 5.11. The summed E-state index contributed by atoms with van der Waals surface area (Å²) >= 11 is 0. The van der Waals surface area contributed by atoms with Crippen molar-refractivity contribution in [2.75, 3.05) is 16.6 Å². The Bertz CT molecular complexity index is 701. The molecular formula is C15H17N3O2S. The molecule has 0 saturated carbocycles. The fraction of sp³-hybridized carbons (Fsp3) is 0.267. The van der Waals surface area contributed by atoms with Crippen molar-refractivity contribution >= 4 is 16.5 Å². The first-order valence-corrected chi connectivity index (χ1v) is 8.40. The summed E-state index contributed by atoms with van der Waals surface area (Å²) in [6.45, 7) is 0.671. The number of anilines is 1. The quantitative estimate of drug-likeness (QED) is 0.891. The summed E-state index contributed by atoms with van der Waals surface area (Å²) in [6, 6.07) is 13.5. The molecule has 1 saturated heterocycles. The summed E-state index contributed by atoms with van der Waals surface area (Å²) in [7, 11) is -0.781. The summed E-state index contributed by atoms with van der Waals surface area (Å²) in [4.78, 5) is 0. The lowest BCUT2D eigenvalue weighted by molar-refractivity contribution is 0.491. The maximum atomic E-state index is 10.00. The van der Waals surface area contributed by atoms with Crippen molar-refractivity contribution in [1.82, 2.24) is 4.57 Å². The zero-order valence-electron chi connectivity index (χ0n) is 11.7. The Morgan fingerprint density at radius 3 is 2.38 bits per heavy atom. The van der Waals surface area contributed by atoms with Gasteiger partial charge in [0.2, 0.25) is 0 Å². The minimum atomic E-state index is -2.64. The molecule has 0 bridgehead atoms. The third-order valence-corrected chi connectivity index (χ3v) is 5.76. The van der Waals surface area contributed by atoms with E-state index in [0.717, 1.165) is 23.4 Å². The van der Waals surface area contributed by atoms with E-state index in [2.05, 4.69) is 6.07 Å². The maximum absolute atomic E-state index is 10.00. The van der Waals surface area contributed by atoms with Gasteiger partial charge in [-0.05, 0) is 36.2 Å². The van der Waals surface area contributed by atoms with Gasteiger partial charge in [0.15, 0.2) is 0 Å². The predicted octanol–water partition coefficient (Wildman–Crippen LogP) is 3.44. The molecule has 5 nitrogen and oxygen atoms in total. The van der Waals surface area contributed by atoms with Gasteiger partial charge in [0.1, 0.15) is 11.8 Å². The molecular weight excluding hydrogens is 286 g/mol. The Kier molecular flexibility index (Phi) is 3.41. The number of rotatable bonds is 2. The van der Waals surface area contributed by atoms with Crippen LogP contribution in [0.2, 0.25) is 0 Å². The first-order valence-electron chi connectivity index (χ1n) is 6.73. The van der Waals surface area contributed by atoms with Crippen LogP contribution in [0, 0.1) is 11.3 Å². The van der Waals surface area contributed by atoms with Crippen molar-refractivity contribution in [3.05, 3.63) is 42.1 Å². The van der Waals surface area contributed by atoms with Gasteiger partial charge in [-0.25, -0.2) is 0 Å². The van der Waals surface area contributed by atoms with Crippen LogP contribution in [0.25, 0.3) is 11.3 Å². The van der Waals surface area contributed by atoms with Gasteiger partial charge in [-0.3, -0.25) is 13.4 Å². The van der Waals surface area contributed by atoms with Crippen LogP contribution in [0.4, 0.5) is 5.69 Å². The molecule has 3 rings (SSSR count). The molecule has 110 valence electrons. The van der Waals surface area contributed by atoms with Crippen LogP contribution in [-0.4, -0.2) is 26.0 Å². The summed E-state index contributed by atoms with van der Waals surface area (Å²) in [5, 5.41) is 8.99. The van der Waals surface area contributed by atoms with Gasteiger partial charge < -0.3 is 4.57 Å². The van der Waals surface area contributed by atoms with Crippen LogP contribution in [0.3, 0.4) is 0 Å². The number of nitriles is 1. The van der Waals surface area contributed by atoms with Crippen LogP contribution < -0.4 is 4.31 Å². The second-order valence-corrected chi connectivity index (χ2v) is 7.23. The van der Waals surface area contributed by atoms with Gasteiger partial charge in [-0.1, -0.05) is 12.1 Å². The highest BCUT2D eigenvalue weighted by molar-refractivity contribution is 8.25. The van der Waals surface area contributed by atoms with E-state index in [-0.39, 0.29) is 0 Å². The summed E-state index contributed by atoms with van der Waals surface area (Å²) < 4.78 is 23.5. The summed E-state index contributed by atoms with van der Waals surface area (Å²) in [5.74, 6) is 0.443. The Labute approximate surface area is 125 Å². The van der Waals surface area contributed by atoms with Crippen LogP contribution in [0.1, 0.15) is 12.1 Å². The Hall–Kier alpha value is -1.94. The predicted molar refractivity (Wildman–Crippen MR) is 85.2 cm³/mol. The minimum absolute atomic E-state index is 0.443. The van der Waals surface area contributed by atoms with E-state index < -0.39 is 10.8 Å². The van der Waals surface area contributed by atoms with E-state index in [9.17, 15) is 9.11 Å². The zero-order valence-corrected chi connectivity index (χ0v) is 12.5. The number of hydrogen-bond acceptors (Lipinski definition) is 4. The summed E-state index contributed by atoms with van der Waals surface area (Å²) in [6.07, 6.45) is 0.799. The van der Waals surface area contributed by atoms with Crippen LogP contribution >= 0.6 is 10.8 Å². The standard InChI is InChI=1S/C15H17N3O2S/c1-17-14(11-16)7-8-15(17)12-3-5-13(6-4-12)18-9-2-10-21(18,19)20/h3-8,19-20H,2,9-10H2,1H3. The van der Waals surface area contributed by atoms with Crippen molar-refractivity contribution < 1.29 is 9.11 Å². The van der Waals surface area contributed by atoms with E-state index in [0.29, 0.717) is 18.0 Å². The van der Waals surface area contributed by atoms with Crippen molar-refractivity contribution in [2.45, 2.75) is 6.42 Å². The Balaban J connectivity index is 1.91. The molecule has 6 heteroatoms. The third-order valence-electron chi connectivity index (χ3n) is 3.82. The molecule has 0 aliphatic carbocycles. The van der Waals surface area contributed by atoms with E-state index in [1.807, 2.05) is 41.9 Å². The lowest BCUT2D eigenvalue weighted by atomic mass is 10.1. The maximum Gasteiger partial charge on any atom is 0.120 e. The fourth-order valence-electron chi connectivity index (χ4n) is 2.67. The van der Waals surface area contributed by atoms with E-state index in [4.69, 9.17) is 5.26 Å². The average molecular weight is 303 g/mol.